The molecule has 170 valence electrons. The maximum Gasteiger partial charge on any atom is 0.257 e. The number of benzene rings is 4. The quantitative estimate of drug-likeness (QED) is 0.304. The summed E-state index contributed by atoms with van der Waals surface area (Å²) in [6, 6.07) is 28.9. The molecule has 5 rings (SSSR count). The van der Waals surface area contributed by atoms with Crippen molar-refractivity contribution in [3.8, 4) is 11.3 Å². The maximum atomic E-state index is 12.9. The van der Waals surface area contributed by atoms with Crippen molar-refractivity contribution in [2.45, 2.75) is 0 Å². The van der Waals surface area contributed by atoms with Crippen LogP contribution in [0.1, 0.15) is 20.7 Å². The minimum absolute atomic E-state index is 0.182. The number of hydrogen-bond donors (Lipinski definition) is 2. The van der Waals surface area contributed by atoms with Gasteiger partial charge in [0.15, 0.2) is 0 Å². The van der Waals surface area contributed by atoms with Gasteiger partial charge in [-0.1, -0.05) is 60.1 Å². The summed E-state index contributed by atoms with van der Waals surface area (Å²) in [4.78, 5) is 34.2. The first-order valence-electron chi connectivity index (χ1n) is 10.9. The van der Waals surface area contributed by atoms with Crippen molar-refractivity contribution in [3.63, 3.8) is 0 Å². The number of anilines is 2. The summed E-state index contributed by atoms with van der Waals surface area (Å²) in [5.74, 6) is -0.690. The Morgan fingerprint density at radius 1 is 0.686 bits per heavy atom. The number of amides is 2. The van der Waals surface area contributed by atoms with Crippen molar-refractivity contribution in [2.24, 2.45) is 0 Å². The van der Waals surface area contributed by atoms with Crippen LogP contribution in [-0.2, 0) is 0 Å². The van der Waals surface area contributed by atoms with Crippen molar-refractivity contribution >= 4 is 45.7 Å². The van der Waals surface area contributed by atoms with Gasteiger partial charge < -0.3 is 10.6 Å². The first kappa shape index (κ1) is 22.3. The highest BCUT2D eigenvalue weighted by molar-refractivity contribution is 6.35. The van der Waals surface area contributed by atoms with Gasteiger partial charge in [-0.3, -0.25) is 9.59 Å². The standard InChI is InChI=1S/C28H19ClN4O2/c29-24-16-19(27(34)32-20-8-2-1-3-9-20)13-14-22(24)28(35)33-21-10-6-7-18(15-21)26-23-11-4-5-12-25(23)30-17-31-26/h1-17H,(H,32,34)(H,33,35). The van der Waals surface area contributed by atoms with Crippen LogP contribution in [0.4, 0.5) is 11.4 Å². The molecule has 0 spiro atoms. The predicted octanol–water partition coefficient (Wildman–Crippen LogP) is 6.45. The fraction of sp³-hybridized carbons (Fsp3) is 0. The third-order valence-electron chi connectivity index (χ3n) is 5.44. The van der Waals surface area contributed by atoms with E-state index in [0.29, 0.717) is 16.9 Å². The number of halogens is 1. The Morgan fingerprint density at radius 2 is 1.43 bits per heavy atom. The van der Waals surface area contributed by atoms with Crippen LogP contribution in [0.2, 0.25) is 5.02 Å². The zero-order valence-electron chi connectivity index (χ0n) is 18.4. The largest absolute Gasteiger partial charge is 0.322 e. The second-order valence-electron chi connectivity index (χ2n) is 7.79. The highest BCUT2D eigenvalue weighted by Crippen LogP contribution is 2.28. The number of carbonyl (C=O) groups excluding carboxylic acids is 2. The van der Waals surface area contributed by atoms with Crippen molar-refractivity contribution in [1.29, 1.82) is 0 Å². The van der Waals surface area contributed by atoms with Gasteiger partial charge in [-0.05, 0) is 48.5 Å². The van der Waals surface area contributed by atoms with E-state index >= 15 is 0 Å². The van der Waals surface area contributed by atoms with Gasteiger partial charge in [0, 0.05) is 27.9 Å². The third kappa shape index (κ3) is 4.88. The average molecular weight is 479 g/mol. The molecule has 5 aromatic rings. The number of hydrogen-bond acceptors (Lipinski definition) is 4. The van der Waals surface area contributed by atoms with Crippen molar-refractivity contribution in [3.05, 3.63) is 120 Å². The van der Waals surface area contributed by atoms with Crippen molar-refractivity contribution in [2.75, 3.05) is 10.6 Å². The molecule has 35 heavy (non-hydrogen) atoms. The molecule has 0 bridgehead atoms. The Labute approximate surface area is 206 Å². The molecule has 0 saturated carbocycles. The van der Waals surface area contributed by atoms with Crippen LogP contribution < -0.4 is 10.6 Å². The van der Waals surface area contributed by atoms with E-state index in [1.54, 1.807) is 30.3 Å². The van der Waals surface area contributed by atoms with E-state index in [1.165, 1.54) is 12.4 Å². The van der Waals surface area contributed by atoms with Gasteiger partial charge in [0.1, 0.15) is 6.33 Å². The Hall–Kier alpha value is -4.55. The number of nitrogens with zero attached hydrogens (tertiary/aromatic N) is 2. The van der Waals surface area contributed by atoms with E-state index in [1.807, 2.05) is 60.7 Å². The molecule has 0 aliphatic carbocycles. The molecule has 2 N–H and O–H groups in total. The second kappa shape index (κ2) is 9.75. The lowest BCUT2D eigenvalue weighted by molar-refractivity contribution is 0.101. The number of carbonyl (C=O) groups is 2. The Morgan fingerprint density at radius 3 is 2.26 bits per heavy atom. The molecular weight excluding hydrogens is 460 g/mol. The molecule has 2 amide bonds. The van der Waals surface area contributed by atoms with Crippen LogP contribution in [0.3, 0.4) is 0 Å². The van der Waals surface area contributed by atoms with Crippen LogP contribution >= 0.6 is 11.6 Å². The Balaban J connectivity index is 1.35. The summed E-state index contributed by atoms with van der Waals surface area (Å²) in [6.45, 7) is 0. The smallest absolute Gasteiger partial charge is 0.257 e. The molecule has 0 saturated heterocycles. The van der Waals surface area contributed by atoms with E-state index in [4.69, 9.17) is 11.6 Å². The SMILES string of the molecule is O=C(Nc1ccccc1)c1ccc(C(=O)Nc2cccc(-c3ncnc4ccccc34)c2)c(Cl)c1. The van der Waals surface area contributed by atoms with Crippen LogP contribution in [0, 0.1) is 0 Å². The lowest BCUT2D eigenvalue weighted by atomic mass is 10.1. The molecule has 0 unspecified atom stereocenters. The molecular formula is C28H19ClN4O2. The molecule has 1 aromatic heterocycles. The monoisotopic (exact) mass is 478 g/mol. The summed E-state index contributed by atoms with van der Waals surface area (Å²) in [7, 11) is 0. The highest BCUT2D eigenvalue weighted by atomic mass is 35.5. The lowest BCUT2D eigenvalue weighted by Gasteiger charge is -2.11. The maximum absolute atomic E-state index is 12.9. The van der Waals surface area contributed by atoms with E-state index in [2.05, 4.69) is 20.6 Å². The van der Waals surface area contributed by atoms with Gasteiger partial charge >= 0.3 is 0 Å². The third-order valence-corrected chi connectivity index (χ3v) is 5.76. The average Bonchev–Trinajstić information content (AvgIpc) is 2.89. The van der Waals surface area contributed by atoms with E-state index in [-0.39, 0.29) is 22.4 Å². The van der Waals surface area contributed by atoms with Crippen LogP contribution in [0.15, 0.2) is 103 Å². The normalized spacial score (nSPS) is 10.7. The molecule has 0 fully saturated rings. The minimum Gasteiger partial charge on any atom is -0.322 e. The number of nitrogens with one attached hydrogen (secondary N) is 2. The molecule has 0 aliphatic rings. The molecule has 7 heteroatoms. The second-order valence-corrected chi connectivity index (χ2v) is 8.20. The summed E-state index contributed by atoms with van der Waals surface area (Å²) >= 11 is 6.37. The van der Waals surface area contributed by atoms with Gasteiger partial charge in [-0.2, -0.15) is 0 Å². The first-order valence-corrected chi connectivity index (χ1v) is 11.2. The molecule has 0 aliphatic heterocycles. The fourth-order valence-corrected chi connectivity index (χ4v) is 4.01. The summed E-state index contributed by atoms with van der Waals surface area (Å²) in [5, 5.41) is 6.78. The topological polar surface area (TPSA) is 84.0 Å². The molecule has 0 atom stereocenters. The molecule has 4 aromatic carbocycles. The number of fused-ring (bicyclic) bond motifs is 1. The van der Waals surface area contributed by atoms with Gasteiger partial charge in [-0.15, -0.1) is 0 Å². The summed E-state index contributed by atoms with van der Waals surface area (Å²) in [6.07, 6.45) is 1.53. The van der Waals surface area contributed by atoms with Gasteiger partial charge in [0.25, 0.3) is 11.8 Å². The Kier molecular flexibility index (Phi) is 6.20. The van der Waals surface area contributed by atoms with Crippen LogP contribution in [-0.4, -0.2) is 21.8 Å². The predicted molar refractivity (Wildman–Crippen MR) is 139 cm³/mol. The van der Waals surface area contributed by atoms with Crippen molar-refractivity contribution < 1.29 is 9.59 Å². The zero-order chi connectivity index (χ0) is 24.2. The molecule has 0 radical (unpaired) electrons. The summed E-state index contributed by atoms with van der Waals surface area (Å²) in [5.41, 5.74) is 4.35. The molecule has 6 nitrogen and oxygen atoms in total. The number of para-hydroxylation sites is 2. The molecule has 1 heterocycles. The number of aromatic nitrogens is 2. The van der Waals surface area contributed by atoms with E-state index in [9.17, 15) is 9.59 Å². The highest BCUT2D eigenvalue weighted by Gasteiger charge is 2.15. The number of rotatable bonds is 5. The van der Waals surface area contributed by atoms with Crippen molar-refractivity contribution in [1.82, 2.24) is 9.97 Å². The summed E-state index contributed by atoms with van der Waals surface area (Å²) < 4.78 is 0. The van der Waals surface area contributed by atoms with E-state index < -0.39 is 0 Å². The zero-order valence-corrected chi connectivity index (χ0v) is 19.2. The fourth-order valence-electron chi connectivity index (χ4n) is 3.74. The van der Waals surface area contributed by atoms with Crippen LogP contribution in [0.25, 0.3) is 22.2 Å². The van der Waals surface area contributed by atoms with Crippen LogP contribution in [0.5, 0.6) is 0 Å². The Bertz CT molecular complexity index is 1550. The van der Waals surface area contributed by atoms with E-state index in [0.717, 1.165) is 22.2 Å². The van der Waals surface area contributed by atoms with Gasteiger partial charge in [0.05, 0.1) is 21.8 Å². The van der Waals surface area contributed by atoms with Gasteiger partial charge in [0.2, 0.25) is 0 Å². The lowest BCUT2D eigenvalue weighted by Crippen LogP contribution is -2.15. The first-order chi connectivity index (χ1) is 17.1. The van der Waals surface area contributed by atoms with Gasteiger partial charge in [-0.25, -0.2) is 9.97 Å². The minimum atomic E-state index is -0.380.